The number of aromatic nitrogens is 6. The van der Waals surface area contributed by atoms with Gasteiger partial charge in [0, 0.05) is 29.8 Å². The molecule has 5 heterocycles. The van der Waals surface area contributed by atoms with Gasteiger partial charge >= 0.3 is 0 Å². The van der Waals surface area contributed by atoms with Crippen molar-refractivity contribution in [1.29, 1.82) is 0 Å². The van der Waals surface area contributed by atoms with Crippen molar-refractivity contribution in [1.82, 2.24) is 30.1 Å². The fourth-order valence-electron chi connectivity index (χ4n) is 4.54. The number of anilines is 1. The third-order valence-electron chi connectivity index (χ3n) is 6.55. The summed E-state index contributed by atoms with van der Waals surface area (Å²) < 4.78 is 15.2. The monoisotopic (exact) mass is 553 g/mol. The van der Waals surface area contributed by atoms with Crippen molar-refractivity contribution in [2.45, 2.75) is 33.1 Å². The molecule has 1 amide bonds. The molecule has 0 spiro atoms. The molecule has 0 aliphatic carbocycles. The minimum atomic E-state index is -0.499. The van der Waals surface area contributed by atoms with Gasteiger partial charge in [-0.2, -0.15) is 5.10 Å². The number of H-pyrrole nitrogens is 2. The van der Waals surface area contributed by atoms with Crippen molar-refractivity contribution >= 4 is 50.7 Å². The summed E-state index contributed by atoms with van der Waals surface area (Å²) in [5, 5.41) is 10.5. The molecule has 9 nitrogen and oxygen atoms in total. The first kappa shape index (κ1) is 25.5. The summed E-state index contributed by atoms with van der Waals surface area (Å²) >= 11 is 1.36. The van der Waals surface area contributed by atoms with Crippen LogP contribution in [-0.4, -0.2) is 41.8 Å². The molecule has 6 aromatic rings. The van der Waals surface area contributed by atoms with Gasteiger partial charge in [-0.25, -0.2) is 9.37 Å². The molecule has 0 aliphatic rings. The van der Waals surface area contributed by atoms with Crippen LogP contribution in [0.1, 0.15) is 42.8 Å². The molecule has 0 saturated carbocycles. The smallest absolute Gasteiger partial charge is 0.224 e. The molecule has 40 heavy (non-hydrogen) atoms. The number of hydrogen-bond acceptors (Lipinski definition) is 7. The maximum absolute atomic E-state index is 15.2. The number of benzene rings is 1. The van der Waals surface area contributed by atoms with Gasteiger partial charge in [-0.3, -0.25) is 24.7 Å². The fourth-order valence-corrected chi connectivity index (χ4v) is 5.44. The lowest BCUT2D eigenvalue weighted by atomic mass is 10.0. The molecular weight excluding hydrogens is 529 g/mol. The van der Waals surface area contributed by atoms with Crippen LogP contribution in [-0.2, 0) is 4.79 Å². The number of hydrogen-bond donors (Lipinski definition) is 3. The molecule has 0 atom stereocenters. The van der Waals surface area contributed by atoms with E-state index < -0.39 is 5.82 Å². The van der Waals surface area contributed by atoms with E-state index in [1.54, 1.807) is 30.7 Å². The molecule has 5 aromatic heterocycles. The molecule has 0 fully saturated rings. The van der Waals surface area contributed by atoms with Gasteiger partial charge in [0.1, 0.15) is 22.4 Å². The first-order valence-corrected chi connectivity index (χ1v) is 13.6. The second-order valence-corrected chi connectivity index (χ2v) is 10.5. The van der Waals surface area contributed by atoms with Crippen LogP contribution < -0.4 is 5.32 Å². The zero-order valence-corrected chi connectivity index (χ0v) is 22.5. The van der Waals surface area contributed by atoms with E-state index in [0.29, 0.717) is 56.2 Å². The van der Waals surface area contributed by atoms with Crippen LogP contribution in [0.25, 0.3) is 55.2 Å². The van der Waals surface area contributed by atoms with Crippen LogP contribution >= 0.6 is 11.3 Å². The summed E-state index contributed by atoms with van der Waals surface area (Å²) in [7, 11) is 0. The Labute approximate surface area is 231 Å². The second-order valence-electron chi connectivity index (χ2n) is 9.43. The number of thiophene rings is 1. The van der Waals surface area contributed by atoms with Crippen molar-refractivity contribution < 1.29 is 14.0 Å². The summed E-state index contributed by atoms with van der Waals surface area (Å²) in [5.41, 5.74) is 4.50. The number of carbonyl (C=O) groups excluding carboxylic acids is 2. The van der Waals surface area contributed by atoms with Crippen molar-refractivity contribution in [3.05, 3.63) is 65.7 Å². The maximum Gasteiger partial charge on any atom is 0.224 e. The SMILES string of the molecule is CCCCC(=O)Nc1cncc(-c2cc(F)c3n[nH]c(-c4nc5c(-c6ccc(C(C)=O)s6)nccc5[nH]4)c3c2)c1. The lowest BCUT2D eigenvalue weighted by molar-refractivity contribution is -0.116. The predicted molar refractivity (Wildman–Crippen MR) is 154 cm³/mol. The molecule has 0 bridgehead atoms. The first-order chi connectivity index (χ1) is 19.4. The number of Topliss-reactive ketones (excluding diaryl/α,β-unsaturated/α-hetero) is 1. The fraction of sp³-hybridized carbons (Fsp3) is 0.172. The van der Waals surface area contributed by atoms with Crippen molar-refractivity contribution in [2.24, 2.45) is 0 Å². The van der Waals surface area contributed by atoms with E-state index in [1.165, 1.54) is 24.3 Å². The van der Waals surface area contributed by atoms with E-state index in [4.69, 9.17) is 4.98 Å². The van der Waals surface area contributed by atoms with Gasteiger partial charge in [0.25, 0.3) is 0 Å². The molecule has 0 aliphatic heterocycles. The van der Waals surface area contributed by atoms with Crippen molar-refractivity contribution in [3.8, 4) is 33.2 Å². The minimum Gasteiger partial charge on any atom is -0.337 e. The number of carbonyl (C=O) groups is 2. The highest BCUT2D eigenvalue weighted by Crippen LogP contribution is 2.35. The summed E-state index contributed by atoms with van der Waals surface area (Å²) in [6.45, 7) is 3.56. The van der Waals surface area contributed by atoms with Crippen LogP contribution in [0, 0.1) is 5.82 Å². The number of halogens is 1. The molecule has 0 unspecified atom stereocenters. The summed E-state index contributed by atoms with van der Waals surface area (Å²) in [6.07, 6.45) is 7.03. The van der Waals surface area contributed by atoms with E-state index in [1.807, 2.05) is 25.1 Å². The molecule has 3 N–H and O–H groups in total. The lowest BCUT2D eigenvalue weighted by Crippen LogP contribution is -2.11. The Hall–Kier alpha value is -4.77. The number of unbranched alkanes of at least 4 members (excludes halogenated alkanes) is 1. The lowest BCUT2D eigenvalue weighted by Gasteiger charge is -2.08. The van der Waals surface area contributed by atoms with E-state index in [2.05, 4.69) is 30.5 Å². The summed E-state index contributed by atoms with van der Waals surface area (Å²) in [6, 6.07) is 10.4. The highest BCUT2D eigenvalue weighted by Gasteiger charge is 2.19. The molecule has 1 aromatic carbocycles. The Morgan fingerprint density at radius 3 is 2.75 bits per heavy atom. The van der Waals surface area contributed by atoms with Crippen LogP contribution in [0.4, 0.5) is 10.1 Å². The molecule has 200 valence electrons. The normalized spacial score (nSPS) is 11.4. The van der Waals surface area contributed by atoms with Gasteiger partial charge in [0.15, 0.2) is 17.4 Å². The standard InChI is InChI=1S/C29H24FN7O2S/c1-3-4-5-24(39)33-18-10-17(13-31-14-18)16-11-19-25(20(30)12-16)36-37-26(19)29-34-21-8-9-32-28(27(21)35-29)23-7-6-22(40-23)15(2)38/h6-14H,3-5H2,1-2H3,(H,33,39)(H,34,35)(H,36,37). The van der Waals surface area contributed by atoms with Crippen LogP contribution in [0.2, 0.25) is 0 Å². The Morgan fingerprint density at radius 2 is 1.95 bits per heavy atom. The number of amides is 1. The molecule has 11 heteroatoms. The van der Waals surface area contributed by atoms with Gasteiger partial charge in [-0.05, 0) is 55.3 Å². The Bertz CT molecular complexity index is 1910. The van der Waals surface area contributed by atoms with E-state index in [0.717, 1.165) is 23.2 Å². The Balaban J connectivity index is 1.39. The van der Waals surface area contributed by atoms with Crippen LogP contribution in [0.15, 0.2) is 55.0 Å². The van der Waals surface area contributed by atoms with Gasteiger partial charge in [-0.15, -0.1) is 11.3 Å². The number of aromatic amines is 2. The molecule has 6 rings (SSSR count). The van der Waals surface area contributed by atoms with Crippen molar-refractivity contribution in [2.75, 3.05) is 5.32 Å². The third kappa shape index (κ3) is 4.75. The summed E-state index contributed by atoms with van der Waals surface area (Å²) in [4.78, 5) is 42.3. The number of fused-ring (bicyclic) bond motifs is 2. The van der Waals surface area contributed by atoms with Gasteiger partial charge in [0.05, 0.1) is 27.2 Å². The largest absolute Gasteiger partial charge is 0.337 e. The zero-order valence-electron chi connectivity index (χ0n) is 21.7. The number of pyridine rings is 2. The number of ketones is 1. The number of nitrogens with zero attached hydrogens (tertiary/aromatic N) is 4. The zero-order chi connectivity index (χ0) is 27.8. The average molecular weight is 554 g/mol. The van der Waals surface area contributed by atoms with E-state index in [-0.39, 0.29) is 17.2 Å². The quantitative estimate of drug-likeness (QED) is 0.179. The highest BCUT2D eigenvalue weighted by atomic mass is 32.1. The number of nitrogens with one attached hydrogen (secondary N) is 3. The Morgan fingerprint density at radius 1 is 1.07 bits per heavy atom. The van der Waals surface area contributed by atoms with E-state index in [9.17, 15) is 9.59 Å². The van der Waals surface area contributed by atoms with Crippen molar-refractivity contribution in [3.63, 3.8) is 0 Å². The Kier molecular flexibility index (Phi) is 6.64. The van der Waals surface area contributed by atoms with Gasteiger partial charge < -0.3 is 10.3 Å². The summed E-state index contributed by atoms with van der Waals surface area (Å²) in [5.74, 6) is -0.117. The predicted octanol–water partition coefficient (Wildman–Crippen LogP) is 6.76. The third-order valence-corrected chi connectivity index (χ3v) is 7.74. The van der Waals surface area contributed by atoms with Crippen LogP contribution in [0.5, 0.6) is 0 Å². The average Bonchev–Trinajstić information content (AvgIpc) is 3.70. The maximum atomic E-state index is 15.2. The minimum absolute atomic E-state index is 0.00693. The van der Waals surface area contributed by atoms with Gasteiger partial charge in [0.2, 0.25) is 5.91 Å². The topological polar surface area (TPSA) is 129 Å². The molecule has 0 radical (unpaired) electrons. The molecular formula is C29H24FN7O2S. The molecule has 0 saturated heterocycles. The number of imidazole rings is 1. The van der Waals surface area contributed by atoms with Crippen LogP contribution in [0.3, 0.4) is 0 Å². The van der Waals surface area contributed by atoms with E-state index >= 15 is 4.39 Å². The highest BCUT2D eigenvalue weighted by molar-refractivity contribution is 7.17. The number of rotatable bonds is 8. The second kappa shape index (κ2) is 10.4. The van der Waals surface area contributed by atoms with Gasteiger partial charge in [-0.1, -0.05) is 13.3 Å². The first-order valence-electron chi connectivity index (χ1n) is 12.8.